The fourth-order valence-corrected chi connectivity index (χ4v) is 6.41. The van der Waals surface area contributed by atoms with Crippen molar-refractivity contribution in [3.63, 3.8) is 0 Å². The quantitative estimate of drug-likeness (QED) is 0.398. The van der Waals surface area contributed by atoms with E-state index in [0.29, 0.717) is 48.0 Å². The van der Waals surface area contributed by atoms with Crippen molar-refractivity contribution in [3.05, 3.63) is 40.0 Å². The third-order valence-corrected chi connectivity index (χ3v) is 9.16. The van der Waals surface area contributed by atoms with E-state index >= 15 is 8.78 Å². The summed E-state index contributed by atoms with van der Waals surface area (Å²) in [5, 5.41) is 7.01. The largest absolute Gasteiger partial charge is 0.376 e. The molecule has 3 aliphatic heterocycles. The SMILES string of the molecule is Cc1c(Cl)cccc1NCC(=O)N1[C@@H]2CC[C@H]([C@H]1C(=O)N[C@@H](/C=C(/F)S(C)(=O)=O)C[C@@H]1CCNC1=O)C(F)(F)C2. The maximum Gasteiger partial charge on any atom is 0.255 e. The highest BCUT2D eigenvalue weighted by Gasteiger charge is 2.60. The molecule has 2 bridgehead atoms. The Balaban J connectivity index is 1.59. The minimum Gasteiger partial charge on any atom is -0.376 e. The van der Waals surface area contributed by atoms with Crippen molar-refractivity contribution in [1.82, 2.24) is 15.5 Å². The van der Waals surface area contributed by atoms with Crippen LogP contribution in [0, 0.1) is 18.8 Å². The first-order valence-corrected chi connectivity index (χ1v) is 15.3. The Morgan fingerprint density at radius 2 is 2.00 bits per heavy atom. The molecule has 3 amide bonds. The molecule has 4 fully saturated rings. The predicted octanol–water partition coefficient (Wildman–Crippen LogP) is 2.94. The van der Waals surface area contributed by atoms with Gasteiger partial charge in [0.1, 0.15) is 6.04 Å². The van der Waals surface area contributed by atoms with E-state index < -0.39 is 69.1 Å². The standard InChI is InChI=1S/C26H32ClF3N4O5S/c1-14-19(27)4-3-5-20(14)32-13-22(35)34-17-6-7-18(26(29,30)12-17)23(34)25(37)33-16(11-21(28)40(2,38)39)10-15-8-9-31-24(15)36/h3-5,11,15-18,23,32H,6-10,12-13H2,1-2H3,(H,31,36)(H,33,37)/b21-11-/t15-,16+,17+,18+,23-/m0/s1. The van der Waals surface area contributed by atoms with E-state index in [2.05, 4.69) is 16.0 Å². The lowest BCUT2D eigenvalue weighted by molar-refractivity contribution is -0.193. The van der Waals surface area contributed by atoms with Crippen molar-refractivity contribution in [2.75, 3.05) is 24.7 Å². The number of nitrogens with zero attached hydrogens (tertiary/aromatic N) is 1. The summed E-state index contributed by atoms with van der Waals surface area (Å²) in [6.45, 7) is 1.83. The second kappa shape index (κ2) is 11.6. The van der Waals surface area contributed by atoms with Gasteiger partial charge in [0.2, 0.25) is 32.7 Å². The summed E-state index contributed by atoms with van der Waals surface area (Å²) in [6.07, 6.45) is 1.27. The Morgan fingerprint density at radius 1 is 1.27 bits per heavy atom. The van der Waals surface area contributed by atoms with Crippen LogP contribution < -0.4 is 16.0 Å². The van der Waals surface area contributed by atoms with Gasteiger partial charge < -0.3 is 20.9 Å². The number of halogens is 4. The molecule has 14 heteroatoms. The van der Waals surface area contributed by atoms with Crippen LogP contribution in [0.15, 0.2) is 29.4 Å². The number of alkyl halides is 2. The molecule has 5 rings (SSSR count). The lowest BCUT2D eigenvalue weighted by Crippen LogP contribution is -2.69. The number of amides is 3. The molecule has 1 aromatic carbocycles. The number of piperidine rings is 2. The van der Waals surface area contributed by atoms with E-state index in [1.807, 2.05) is 0 Å². The predicted molar refractivity (Wildman–Crippen MR) is 143 cm³/mol. The second-order valence-corrected chi connectivity index (χ2v) is 13.0. The van der Waals surface area contributed by atoms with E-state index in [9.17, 15) is 27.2 Å². The van der Waals surface area contributed by atoms with Crippen LogP contribution in [-0.4, -0.2) is 74.4 Å². The van der Waals surface area contributed by atoms with Crippen molar-refractivity contribution >= 4 is 44.8 Å². The normalized spacial score (nSPS) is 26.8. The molecule has 4 aliphatic rings. The summed E-state index contributed by atoms with van der Waals surface area (Å²) in [5.74, 6) is -7.20. The molecule has 5 atom stereocenters. The zero-order chi connectivity index (χ0) is 29.4. The summed E-state index contributed by atoms with van der Waals surface area (Å²) in [7, 11) is -4.26. The first-order valence-electron chi connectivity index (χ1n) is 13.0. The molecule has 9 nitrogen and oxygen atoms in total. The van der Waals surface area contributed by atoms with Crippen molar-refractivity contribution in [2.45, 2.75) is 63.1 Å². The number of nitrogens with one attached hydrogen (secondary N) is 3. The summed E-state index contributed by atoms with van der Waals surface area (Å²) in [6, 6.07) is 1.34. The van der Waals surface area contributed by atoms with Gasteiger partial charge in [-0.3, -0.25) is 14.4 Å². The zero-order valence-corrected chi connectivity index (χ0v) is 23.6. The van der Waals surface area contributed by atoms with Gasteiger partial charge in [-0.1, -0.05) is 17.7 Å². The monoisotopic (exact) mass is 604 g/mol. The number of benzene rings is 1. The topological polar surface area (TPSA) is 125 Å². The van der Waals surface area contributed by atoms with Crippen LogP contribution in [0.25, 0.3) is 0 Å². The molecule has 1 saturated carbocycles. The van der Waals surface area contributed by atoms with E-state index in [4.69, 9.17) is 11.6 Å². The van der Waals surface area contributed by atoms with Gasteiger partial charge in [-0.15, -0.1) is 0 Å². The minimum atomic E-state index is -4.26. The molecule has 3 N–H and O–H groups in total. The summed E-state index contributed by atoms with van der Waals surface area (Å²) < 4.78 is 67.9. The smallest absolute Gasteiger partial charge is 0.255 e. The highest BCUT2D eigenvalue weighted by atomic mass is 35.5. The van der Waals surface area contributed by atoms with Crippen LogP contribution in [-0.2, 0) is 24.2 Å². The number of fused-ring (bicyclic) bond motifs is 3. The molecular formula is C26H32ClF3N4O5S. The van der Waals surface area contributed by atoms with E-state index in [-0.39, 0.29) is 25.3 Å². The number of hydrogen-bond acceptors (Lipinski definition) is 6. The maximum absolute atomic E-state index is 15.0. The van der Waals surface area contributed by atoms with Crippen LogP contribution in [0.5, 0.6) is 0 Å². The van der Waals surface area contributed by atoms with Gasteiger partial charge in [-0.2, -0.15) is 4.39 Å². The van der Waals surface area contributed by atoms with Gasteiger partial charge >= 0.3 is 0 Å². The molecular weight excluding hydrogens is 573 g/mol. The molecule has 40 heavy (non-hydrogen) atoms. The number of carbonyl (C=O) groups excluding carboxylic acids is 3. The van der Waals surface area contributed by atoms with Gasteiger partial charge in [0.05, 0.1) is 18.5 Å². The van der Waals surface area contributed by atoms with E-state index in [0.717, 1.165) is 0 Å². The highest BCUT2D eigenvalue weighted by molar-refractivity contribution is 7.94. The number of sulfone groups is 1. The average molecular weight is 605 g/mol. The summed E-state index contributed by atoms with van der Waals surface area (Å²) in [4.78, 5) is 40.3. The number of hydrogen-bond donors (Lipinski definition) is 3. The van der Waals surface area contributed by atoms with Gasteiger partial charge in [0, 0.05) is 41.9 Å². The average Bonchev–Trinajstić information content (AvgIpc) is 3.27. The Bertz CT molecular complexity index is 1330. The molecule has 0 radical (unpaired) electrons. The van der Waals surface area contributed by atoms with Gasteiger partial charge in [0.15, 0.2) is 0 Å². The lowest BCUT2D eigenvalue weighted by Gasteiger charge is -2.53. The van der Waals surface area contributed by atoms with E-state index in [1.54, 1.807) is 25.1 Å². The lowest BCUT2D eigenvalue weighted by atomic mass is 9.71. The fraction of sp³-hybridized carbons (Fsp3) is 0.577. The summed E-state index contributed by atoms with van der Waals surface area (Å²) >= 11 is 6.14. The van der Waals surface area contributed by atoms with Gasteiger partial charge in [-0.25, -0.2) is 17.2 Å². The number of anilines is 1. The Morgan fingerprint density at radius 3 is 2.62 bits per heavy atom. The van der Waals surface area contributed by atoms with Crippen molar-refractivity contribution in [3.8, 4) is 0 Å². The molecule has 1 aliphatic carbocycles. The van der Waals surface area contributed by atoms with Crippen molar-refractivity contribution in [1.29, 1.82) is 0 Å². The maximum atomic E-state index is 15.0. The molecule has 0 spiro atoms. The van der Waals surface area contributed by atoms with Crippen LogP contribution >= 0.6 is 11.6 Å². The van der Waals surface area contributed by atoms with Gasteiger partial charge in [-0.05, 0) is 56.4 Å². The molecule has 3 heterocycles. The van der Waals surface area contributed by atoms with E-state index in [1.165, 1.54) is 4.90 Å². The Hall–Kier alpha value is -2.80. The number of carbonyl (C=O) groups is 3. The third kappa shape index (κ3) is 6.40. The molecule has 1 aromatic rings. The Labute approximate surface area is 235 Å². The first-order chi connectivity index (χ1) is 18.7. The molecule has 3 saturated heterocycles. The highest BCUT2D eigenvalue weighted by Crippen LogP contribution is 2.49. The zero-order valence-electron chi connectivity index (χ0n) is 22.1. The third-order valence-electron chi connectivity index (χ3n) is 7.91. The molecule has 0 unspecified atom stereocenters. The Kier molecular flexibility index (Phi) is 8.74. The van der Waals surface area contributed by atoms with Crippen LogP contribution in [0.1, 0.15) is 37.7 Å². The van der Waals surface area contributed by atoms with Gasteiger partial charge in [0.25, 0.3) is 5.92 Å². The van der Waals surface area contributed by atoms with Crippen LogP contribution in [0.2, 0.25) is 5.02 Å². The second-order valence-electron chi connectivity index (χ2n) is 10.7. The number of rotatable bonds is 9. The van der Waals surface area contributed by atoms with Crippen LogP contribution in [0.3, 0.4) is 0 Å². The fourth-order valence-electron chi connectivity index (χ4n) is 5.82. The molecule has 220 valence electrons. The molecule has 0 aromatic heterocycles. The summed E-state index contributed by atoms with van der Waals surface area (Å²) in [5.41, 5.74) is 1.27. The minimum absolute atomic E-state index is 0.00357. The van der Waals surface area contributed by atoms with Crippen molar-refractivity contribution < 1.29 is 36.0 Å². The van der Waals surface area contributed by atoms with Crippen molar-refractivity contribution in [2.24, 2.45) is 11.8 Å². The first kappa shape index (κ1) is 30.2. The van der Waals surface area contributed by atoms with Crippen LogP contribution in [0.4, 0.5) is 18.9 Å².